The van der Waals surface area contributed by atoms with Crippen LogP contribution in [-0.4, -0.2) is 114 Å². The summed E-state index contributed by atoms with van der Waals surface area (Å²) in [6.07, 6.45) is -24.2. The molecule has 2 aliphatic heterocycles. The second-order valence-electron chi connectivity index (χ2n) is 12.5. The maximum Gasteiger partial charge on any atom is 0.460 e. The van der Waals surface area contributed by atoms with Crippen LogP contribution in [0.2, 0.25) is 25.7 Å². The number of carboxylic acids is 1. The fourth-order valence-corrected chi connectivity index (χ4v) is 6.47. The van der Waals surface area contributed by atoms with Crippen LogP contribution in [0.4, 0.5) is 35.1 Å². The molecule has 3 unspecified atom stereocenters. The van der Waals surface area contributed by atoms with Gasteiger partial charge in [0.2, 0.25) is 0 Å². The van der Waals surface area contributed by atoms with Crippen molar-refractivity contribution in [1.82, 2.24) is 0 Å². The van der Waals surface area contributed by atoms with Crippen LogP contribution in [0.5, 0.6) is 0 Å². The van der Waals surface area contributed by atoms with Crippen molar-refractivity contribution < 1.29 is 90.8 Å². The number of carboxylic acid groups (broad SMARTS) is 1. The van der Waals surface area contributed by atoms with Crippen molar-refractivity contribution in [3.05, 3.63) is 9.66 Å². The number of halogens is 9. The summed E-state index contributed by atoms with van der Waals surface area (Å²) in [6.45, 7) is 9.20. The Morgan fingerprint density at radius 1 is 1.02 bits per heavy atom. The van der Waals surface area contributed by atoms with Gasteiger partial charge in [-0.3, -0.25) is 8.98 Å². The molecule has 23 heteroatoms. The van der Waals surface area contributed by atoms with Gasteiger partial charge >= 0.3 is 39.5 Å². The number of fused-ring (bicyclic) bond motifs is 1. The number of hydrogen-bond acceptors (Lipinski definition) is 11. The molecule has 2 fully saturated rings. The maximum atomic E-state index is 15.1. The molecule has 1 N–H and O–H groups in total. The maximum absolute atomic E-state index is 15.1. The molecule has 0 amide bonds. The molecule has 0 saturated carbocycles. The molecule has 0 radical (unpaired) electrons. The monoisotopic (exact) mass is 882 g/mol. The summed E-state index contributed by atoms with van der Waals surface area (Å²) in [5.74, 6) is -8.67. The quantitative estimate of drug-likeness (QED) is 0.0411. The molecule has 2 heterocycles. The summed E-state index contributed by atoms with van der Waals surface area (Å²) in [7, 11) is -8.98. The first-order chi connectivity index (χ1) is 22.1. The highest BCUT2D eigenvalue weighted by molar-refractivity contribution is 14.1. The van der Waals surface area contributed by atoms with Gasteiger partial charge in [0.1, 0.15) is 25.1 Å². The van der Waals surface area contributed by atoms with E-state index in [2.05, 4.69) is 8.92 Å². The fourth-order valence-electron chi connectivity index (χ4n) is 4.14. The van der Waals surface area contributed by atoms with E-state index < -0.39 is 113 Å². The Hall–Kier alpha value is -0.773. The van der Waals surface area contributed by atoms with E-state index in [-0.39, 0.29) is 19.8 Å². The highest BCUT2D eigenvalue weighted by Crippen LogP contribution is 2.49. The number of allylic oxidation sites excluding steroid dienone is 1. The Kier molecular flexibility index (Phi) is 14.9. The van der Waals surface area contributed by atoms with Crippen molar-refractivity contribution in [3.63, 3.8) is 0 Å². The van der Waals surface area contributed by atoms with Crippen LogP contribution < -0.4 is 0 Å². The van der Waals surface area contributed by atoms with Crippen LogP contribution in [0.25, 0.3) is 0 Å². The summed E-state index contributed by atoms with van der Waals surface area (Å²) >= 11 is 0.998. The number of rotatable bonds is 19. The molecule has 2 saturated heterocycles. The van der Waals surface area contributed by atoms with E-state index in [1.807, 2.05) is 19.6 Å². The first-order valence-corrected chi connectivity index (χ1v) is 20.8. The molecule has 0 bridgehead atoms. The molecule has 2 rings (SSSR count). The lowest BCUT2D eigenvalue weighted by atomic mass is 9.97. The van der Waals surface area contributed by atoms with Crippen LogP contribution in [0.15, 0.2) is 9.66 Å². The van der Waals surface area contributed by atoms with Gasteiger partial charge in [0.15, 0.2) is 18.2 Å². The summed E-state index contributed by atoms with van der Waals surface area (Å²) in [5, 5.41) is 1.86. The predicted octanol–water partition coefficient (Wildman–Crippen LogP) is 5.93. The lowest BCUT2D eigenvalue weighted by molar-refractivity contribution is -0.449. The van der Waals surface area contributed by atoms with E-state index in [4.69, 9.17) is 33.5 Å². The van der Waals surface area contributed by atoms with Gasteiger partial charge in [-0.2, -0.15) is 43.5 Å². The van der Waals surface area contributed by atoms with Crippen molar-refractivity contribution in [2.75, 3.05) is 26.6 Å². The Bertz CT molecular complexity index is 1270. The normalized spacial score (nSPS) is 26.0. The zero-order valence-electron chi connectivity index (χ0n) is 27.2. The summed E-state index contributed by atoms with van der Waals surface area (Å²) in [5.41, 5.74) is 0. The third-order valence-electron chi connectivity index (χ3n) is 6.74. The zero-order chi connectivity index (χ0) is 37.9. The Labute approximate surface area is 292 Å². The van der Waals surface area contributed by atoms with Crippen molar-refractivity contribution in [3.8, 4) is 0 Å². The largest absolute Gasteiger partial charge is 0.481 e. The van der Waals surface area contributed by atoms with Gasteiger partial charge in [-0.1, -0.05) is 19.6 Å². The van der Waals surface area contributed by atoms with Gasteiger partial charge in [-0.15, -0.1) is 0 Å². The molecular weight excluding hydrogens is 843 g/mol. The van der Waals surface area contributed by atoms with Crippen LogP contribution in [0.3, 0.4) is 0 Å². The molecule has 0 aromatic rings. The van der Waals surface area contributed by atoms with Gasteiger partial charge in [0, 0.05) is 33.8 Å². The lowest BCUT2D eigenvalue weighted by Crippen LogP contribution is -2.67. The highest BCUT2D eigenvalue weighted by atomic mass is 127. The van der Waals surface area contributed by atoms with Crippen molar-refractivity contribution in [1.29, 1.82) is 0 Å². The van der Waals surface area contributed by atoms with Crippen molar-refractivity contribution >= 4 is 46.8 Å². The van der Waals surface area contributed by atoms with Crippen LogP contribution in [0, 0.1) is 0 Å². The number of carbonyl (C=O) groups is 1. The molecule has 12 nitrogen and oxygen atoms in total. The second kappa shape index (κ2) is 16.5. The van der Waals surface area contributed by atoms with Crippen LogP contribution in [-0.2, 0) is 52.3 Å². The molecule has 288 valence electrons. The third-order valence-corrected chi connectivity index (χ3v) is 10.6. The third kappa shape index (κ3) is 11.9. The smallest absolute Gasteiger partial charge is 0.460 e. The minimum atomic E-state index is -7.12. The predicted molar refractivity (Wildman–Crippen MR) is 163 cm³/mol. The van der Waals surface area contributed by atoms with Gasteiger partial charge in [0.25, 0.3) is 0 Å². The molecular formula is C26H39F8IO12SSi. The second-order valence-corrected chi connectivity index (χ2v) is 21.2. The standard InChI is InChI=1S/C26H39F8IO12SSi/c1-7-40-14-42-19-18-16(13-43-22(2,3)45-18)44-21(41-10-11-49(4,5)6)20(19)46-48(38,39)26(33,34)25(31,32)47-24(29,30)23(27,28)12-15(35)8-9-17(36)37/h12,16,18-21H,7-11,13-14H2,1-6H3,(H,36,37)/b15-12-/t16?,18-,19?,20?,21-/m1/s1. The number of aliphatic carboxylic acids is 1. The van der Waals surface area contributed by atoms with E-state index in [0.29, 0.717) is 6.04 Å². The first kappa shape index (κ1) is 44.4. The number of hydrogen-bond donors (Lipinski definition) is 1. The van der Waals surface area contributed by atoms with E-state index in [1.165, 1.54) is 13.8 Å². The van der Waals surface area contributed by atoms with Gasteiger partial charge < -0.3 is 33.5 Å². The Balaban J connectivity index is 2.49. The fraction of sp³-hybridized carbons (Fsp3) is 0.885. The average Bonchev–Trinajstić information content (AvgIpc) is 2.91. The van der Waals surface area contributed by atoms with E-state index in [1.54, 1.807) is 6.92 Å². The van der Waals surface area contributed by atoms with Crippen LogP contribution >= 0.6 is 22.6 Å². The summed E-state index contributed by atoms with van der Waals surface area (Å²) in [4.78, 5) is 10.6. The molecule has 5 atom stereocenters. The van der Waals surface area contributed by atoms with Crippen LogP contribution in [0.1, 0.15) is 33.6 Å². The van der Waals surface area contributed by atoms with Gasteiger partial charge in [-0.25, -0.2) is 4.74 Å². The average molecular weight is 883 g/mol. The zero-order valence-corrected chi connectivity index (χ0v) is 31.1. The lowest BCUT2D eigenvalue weighted by Gasteiger charge is -2.50. The Morgan fingerprint density at radius 2 is 1.63 bits per heavy atom. The molecule has 0 aromatic carbocycles. The molecule has 49 heavy (non-hydrogen) atoms. The van der Waals surface area contributed by atoms with Gasteiger partial charge in [-0.05, 0) is 59.4 Å². The summed E-state index contributed by atoms with van der Waals surface area (Å²) < 4.78 is 182. The Morgan fingerprint density at radius 3 is 2.18 bits per heavy atom. The highest BCUT2D eigenvalue weighted by Gasteiger charge is 2.75. The van der Waals surface area contributed by atoms with E-state index in [0.717, 1.165) is 22.6 Å². The summed E-state index contributed by atoms with van der Waals surface area (Å²) in [6, 6.07) is 0.403. The number of alkyl halides is 8. The SMILES string of the molecule is CCOCOC1C(OS(=O)(=O)C(F)(F)C(F)(F)OC(F)(F)C(F)(F)/C=C(\I)CCC(=O)O)[C@H](OCC[Si](C)(C)C)OC2COC(C)(C)O[C@H]21. The van der Waals surface area contributed by atoms with Gasteiger partial charge in [0.05, 0.1) is 6.61 Å². The minimum Gasteiger partial charge on any atom is -0.481 e. The van der Waals surface area contributed by atoms with E-state index in [9.17, 15) is 39.6 Å². The van der Waals surface area contributed by atoms with Crippen molar-refractivity contribution in [2.45, 2.75) is 119 Å². The molecule has 0 aliphatic carbocycles. The molecule has 0 aromatic heterocycles. The molecule has 0 spiro atoms. The minimum absolute atomic E-state index is 0.0427. The van der Waals surface area contributed by atoms with Crippen molar-refractivity contribution in [2.24, 2.45) is 0 Å². The molecule has 2 aliphatic rings. The number of ether oxygens (including phenoxy) is 7. The van der Waals surface area contributed by atoms with E-state index >= 15 is 8.78 Å². The first-order valence-electron chi connectivity index (χ1n) is 14.6. The topological polar surface area (TPSA) is 145 Å².